The Bertz CT molecular complexity index is 517. The van der Waals surface area contributed by atoms with Gasteiger partial charge in [-0.25, -0.2) is 0 Å². The van der Waals surface area contributed by atoms with Crippen molar-refractivity contribution in [2.45, 2.75) is 0 Å². The first-order valence-electron chi connectivity index (χ1n) is 4.63. The predicted octanol–water partition coefficient (Wildman–Crippen LogP) is 3.42. The molecule has 0 N–H and O–H groups in total. The zero-order valence-corrected chi connectivity index (χ0v) is 9.32. The average Bonchev–Trinajstić information content (AvgIpc) is 2.78. The maximum atomic E-state index is 10.5. The van der Waals surface area contributed by atoms with E-state index in [2.05, 4.69) is 0 Å². The summed E-state index contributed by atoms with van der Waals surface area (Å²) in [6.07, 6.45) is 0.663. The highest BCUT2D eigenvalue weighted by Gasteiger charge is 2.07. The molecule has 0 aliphatic rings. The number of furan rings is 1. The Kier molecular flexibility index (Phi) is 2.97. The number of carbonyl (C=O) groups is 1. The summed E-state index contributed by atoms with van der Waals surface area (Å²) in [6.45, 7) is 0. The van der Waals surface area contributed by atoms with Crippen molar-refractivity contribution in [2.24, 2.45) is 0 Å². The van der Waals surface area contributed by atoms with E-state index >= 15 is 0 Å². The molecule has 0 bridgehead atoms. The lowest BCUT2D eigenvalue weighted by Crippen LogP contribution is -1.84. The predicted molar refractivity (Wildman–Crippen MR) is 61.1 cm³/mol. The van der Waals surface area contributed by atoms with Gasteiger partial charge in [-0.1, -0.05) is 11.6 Å². The summed E-state index contributed by atoms with van der Waals surface area (Å²) in [5.41, 5.74) is 0.814. The van der Waals surface area contributed by atoms with E-state index in [9.17, 15) is 4.79 Å². The molecule has 0 spiro atoms. The molecule has 1 aromatic heterocycles. The van der Waals surface area contributed by atoms with Gasteiger partial charge in [0, 0.05) is 5.56 Å². The number of rotatable bonds is 3. The number of methoxy groups -OCH3 is 1. The van der Waals surface area contributed by atoms with Gasteiger partial charge in [0.2, 0.25) is 0 Å². The van der Waals surface area contributed by atoms with Crippen molar-refractivity contribution >= 4 is 17.9 Å². The van der Waals surface area contributed by atoms with E-state index in [1.807, 2.05) is 0 Å². The molecule has 16 heavy (non-hydrogen) atoms. The van der Waals surface area contributed by atoms with Crippen molar-refractivity contribution in [3.63, 3.8) is 0 Å². The molecule has 2 aromatic rings. The van der Waals surface area contributed by atoms with Crippen molar-refractivity contribution in [2.75, 3.05) is 7.11 Å². The van der Waals surface area contributed by atoms with Crippen LogP contribution < -0.4 is 4.74 Å². The van der Waals surface area contributed by atoms with Crippen LogP contribution in [0.15, 0.2) is 34.7 Å². The van der Waals surface area contributed by atoms with E-state index in [4.69, 9.17) is 20.8 Å². The van der Waals surface area contributed by atoms with Crippen LogP contribution in [0.2, 0.25) is 5.02 Å². The molecule has 0 aliphatic carbocycles. The van der Waals surface area contributed by atoms with E-state index in [0.717, 1.165) is 5.56 Å². The third-order valence-electron chi connectivity index (χ3n) is 2.18. The second-order valence-electron chi connectivity index (χ2n) is 3.17. The van der Waals surface area contributed by atoms with Gasteiger partial charge in [-0.3, -0.25) is 4.79 Å². The molecule has 0 aliphatic heterocycles. The summed E-state index contributed by atoms with van der Waals surface area (Å²) in [5, 5.41) is 0.536. The molecule has 0 saturated heterocycles. The first-order valence-corrected chi connectivity index (χ1v) is 5.01. The smallest absolute Gasteiger partial charge is 0.185 e. The largest absolute Gasteiger partial charge is 0.495 e. The van der Waals surface area contributed by atoms with Gasteiger partial charge in [0.05, 0.1) is 12.1 Å². The fourth-order valence-corrected chi connectivity index (χ4v) is 1.58. The normalized spacial score (nSPS) is 10.1. The molecule has 0 unspecified atom stereocenters. The highest BCUT2D eigenvalue weighted by Crippen LogP contribution is 2.30. The molecule has 2 rings (SSSR count). The van der Waals surface area contributed by atoms with Gasteiger partial charge in [-0.05, 0) is 30.3 Å². The van der Waals surface area contributed by atoms with Crippen molar-refractivity contribution < 1.29 is 13.9 Å². The molecular formula is C12H9ClO3. The Morgan fingerprint density at radius 2 is 2.12 bits per heavy atom. The molecule has 0 radical (unpaired) electrons. The molecule has 4 heteroatoms. The molecule has 82 valence electrons. The number of hydrogen-bond acceptors (Lipinski definition) is 3. The summed E-state index contributed by atoms with van der Waals surface area (Å²) in [4.78, 5) is 10.5. The topological polar surface area (TPSA) is 39.4 Å². The van der Waals surface area contributed by atoms with Crippen LogP contribution in [-0.4, -0.2) is 13.4 Å². The van der Waals surface area contributed by atoms with Crippen LogP contribution in [0.25, 0.3) is 11.3 Å². The monoisotopic (exact) mass is 236 g/mol. The van der Waals surface area contributed by atoms with Gasteiger partial charge < -0.3 is 9.15 Å². The maximum absolute atomic E-state index is 10.5. The van der Waals surface area contributed by atoms with Gasteiger partial charge in [-0.2, -0.15) is 0 Å². The van der Waals surface area contributed by atoms with E-state index in [0.29, 0.717) is 28.6 Å². The van der Waals surface area contributed by atoms with Crippen LogP contribution in [0.4, 0.5) is 0 Å². The minimum atomic E-state index is 0.295. The van der Waals surface area contributed by atoms with E-state index < -0.39 is 0 Å². The van der Waals surface area contributed by atoms with E-state index in [1.165, 1.54) is 0 Å². The second kappa shape index (κ2) is 4.41. The lowest BCUT2D eigenvalue weighted by molar-refractivity contribution is 0.110. The fourth-order valence-electron chi connectivity index (χ4n) is 1.38. The third-order valence-corrected chi connectivity index (χ3v) is 2.49. The Hall–Kier alpha value is -1.74. The number of halogens is 1. The molecule has 1 aromatic carbocycles. The first-order chi connectivity index (χ1) is 7.74. The molecule has 0 atom stereocenters. The Balaban J connectivity index is 2.43. The van der Waals surface area contributed by atoms with E-state index in [-0.39, 0.29) is 0 Å². The Morgan fingerprint density at radius 1 is 1.31 bits per heavy atom. The van der Waals surface area contributed by atoms with Gasteiger partial charge in [0.1, 0.15) is 11.5 Å². The standard InChI is InChI=1S/C12H9ClO3/c1-15-12-6-8(2-4-10(12)13)11-5-3-9(7-14)16-11/h2-7H,1H3. The Morgan fingerprint density at radius 3 is 2.75 bits per heavy atom. The molecule has 1 heterocycles. The summed E-state index contributed by atoms with van der Waals surface area (Å²) < 4.78 is 10.4. The minimum Gasteiger partial charge on any atom is -0.495 e. The average molecular weight is 237 g/mol. The maximum Gasteiger partial charge on any atom is 0.185 e. The number of ether oxygens (including phenoxy) is 1. The van der Waals surface area contributed by atoms with Gasteiger partial charge >= 0.3 is 0 Å². The van der Waals surface area contributed by atoms with Crippen LogP contribution in [0.1, 0.15) is 10.6 Å². The van der Waals surface area contributed by atoms with Crippen molar-refractivity contribution in [3.8, 4) is 17.1 Å². The number of benzene rings is 1. The summed E-state index contributed by atoms with van der Waals surface area (Å²) in [7, 11) is 1.55. The number of aldehydes is 1. The zero-order chi connectivity index (χ0) is 11.5. The highest BCUT2D eigenvalue weighted by molar-refractivity contribution is 6.32. The molecule has 0 saturated carbocycles. The van der Waals surface area contributed by atoms with Crippen molar-refractivity contribution in [3.05, 3.63) is 41.1 Å². The molecule has 0 amide bonds. The third kappa shape index (κ3) is 1.95. The van der Waals surface area contributed by atoms with Gasteiger partial charge in [0.15, 0.2) is 12.0 Å². The van der Waals surface area contributed by atoms with Crippen LogP contribution in [0, 0.1) is 0 Å². The first kappa shape index (κ1) is 10.8. The lowest BCUT2D eigenvalue weighted by atomic mass is 10.1. The highest BCUT2D eigenvalue weighted by atomic mass is 35.5. The number of carbonyl (C=O) groups excluding carboxylic acids is 1. The van der Waals surface area contributed by atoms with Crippen LogP contribution in [-0.2, 0) is 0 Å². The zero-order valence-electron chi connectivity index (χ0n) is 8.57. The van der Waals surface area contributed by atoms with E-state index in [1.54, 1.807) is 37.4 Å². The quantitative estimate of drug-likeness (QED) is 0.767. The Labute approximate surface area is 97.6 Å². The fraction of sp³-hybridized carbons (Fsp3) is 0.0833. The minimum absolute atomic E-state index is 0.295. The van der Waals surface area contributed by atoms with Crippen molar-refractivity contribution in [1.82, 2.24) is 0 Å². The molecule has 0 fully saturated rings. The molecular weight excluding hydrogens is 228 g/mol. The summed E-state index contributed by atoms with van der Waals surface area (Å²) >= 11 is 5.90. The SMILES string of the molecule is COc1cc(-c2ccc(C=O)o2)ccc1Cl. The summed E-state index contributed by atoms with van der Waals surface area (Å²) in [5.74, 6) is 1.48. The summed E-state index contributed by atoms with van der Waals surface area (Å²) in [6, 6.07) is 8.63. The van der Waals surface area contributed by atoms with Crippen molar-refractivity contribution in [1.29, 1.82) is 0 Å². The second-order valence-corrected chi connectivity index (χ2v) is 3.58. The number of hydrogen-bond donors (Lipinski definition) is 0. The van der Waals surface area contributed by atoms with Crippen LogP contribution in [0.3, 0.4) is 0 Å². The molecule has 3 nitrogen and oxygen atoms in total. The van der Waals surface area contributed by atoms with Gasteiger partial charge in [0.25, 0.3) is 0 Å². The van der Waals surface area contributed by atoms with Crippen LogP contribution >= 0.6 is 11.6 Å². The van der Waals surface area contributed by atoms with Crippen LogP contribution in [0.5, 0.6) is 5.75 Å². The van der Waals surface area contributed by atoms with Gasteiger partial charge in [-0.15, -0.1) is 0 Å². The lowest BCUT2D eigenvalue weighted by Gasteiger charge is -2.04.